The maximum Gasteiger partial charge on any atom is 0.228 e. The number of pyridine rings is 1. The lowest BCUT2D eigenvalue weighted by Gasteiger charge is -2.08. The number of amides is 1. The number of hydrogen-bond donors (Lipinski definition) is 2. The molecule has 0 saturated heterocycles. The van der Waals surface area contributed by atoms with E-state index in [0.717, 1.165) is 28.8 Å². The Balaban J connectivity index is 1.81. The molecule has 0 aliphatic rings. The van der Waals surface area contributed by atoms with Crippen LogP contribution in [0.25, 0.3) is 0 Å². The third kappa shape index (κ3) is 6.40. The van der Waals surface area contributed by atoms with Gasteiger partial charge in [0.1, 0.15) is 5.82 Å². The zero-order valence-electron chi connectivity index (χ0n) is 13.3. The van der Waals surface area contributed by atoms with Crippen molar-refractivity contribution in [3.8, 4) is 0 Å². The highest BCUT2D eigenvalue weighted by Crippen LogP contribution is 2.14. The van der Waals surface area contributed by atoms with Crippen molar-refractivity contribution in [1.82, 2.24) is 4.98 Å². The molecule has 0 aliphatic heterocycles. The molecule has 2 rings (SSSR count). The van der Waals surface area contributed by atoms with E-state index in [1.54, 1.807) is 6.20 Å². The third-order valence-corrected chi connectivity index (χ3v) is 3.88. The Bertz CT molecular complexity index is 628. The van der Waals surface area contributed by atoms with Crippen LogP contribution in [-0.4, -0.2) is 17.4 Å². The average molecular weight is 376 g/mol. The minimum atomic E-state index is -0.0476. The Morgan fingerprint density at radius 2 is 2.09 bits per heavy atom. The maximum atomic E-state index is 12.1. The molecule has 0 saturated carbocycles. The van der Waals surface area contributed by atoms with E-state index < -0.39 is 0 Å². The van der Waals surface area contributed by atoms with Gasteiger partial charge in [0.2, 0.25) is 5.91 Å². The fraction of sp³-hybridized carbons (Fsp3) is 0.333. The van der Waals surface area contributed by atoms with Crippen LogP contribution in [0.5, 0.6) is 0 Å². The molecule has 1 heterocycles. The molecule has 0 fully saturated rings. The Hall–Kier alpha value is -1.88. The van der Waals surface area contributed by atoms with Crippen LogP contribution in [0.4, 0.5) is 11.5 Å². The molecule has 0 aliphatic carbocycles. The van der Waals surface area contributed by atoms with Gasteiger partial charge in [-0.1, -0.05) is 47.8 Å². The van der Waals surface area contributed by atoms with Crippen molar-refractivity contribution < 1.29 is 4.79 Å². The Morgan fingerprint density at radius 1 is 1.22 bits per heavy atom. The molecule has 2 N–H and O–H groups in total. The second-order valence-electron chi connectivity index (χ2n) is 5.42. The highest BCUT2D eigenvalue weighted by Gasteiger charge is 2.05. The van der Waals surface area contributed by atoms with Crippen molar-refractivity contribution in [3.63, 3.8) is 0 Å². The van der Waals surface area contributed by atoms with E-state index in [-0.39, 0.29) is 5.91 Å². The van der Waals surface area contributed by atoms with Gasteiger partial charge < -0.3 is 10.6 Å². The van der Waals surface area contributed by atoms with Gasteiger partial charge in [-0.3, -0.25) is 4.79 Å². The van der Waals surface area contributed by atoms with Gasteiger partial charge >= 0.3 is 0 Å². The second-order valence-corrected chi connectivity index (χ2v) is 6.34. The summed E-state index contributed by atoms with van der Waals surface area (Å²) in [5.74, 6) is 0.791. The number of nitrogens with zero attached hydrogens (tertiary/aromatic N) is 1. The smallest absolute Gasteiger partial charge is 0.228 e. The molecule has 122 valence electrons. The van der Waals surface area contributed by atoms with E-state index >= 15 is 0 Å². The van der Waals surface area contributed by atoms with Crippen LogP contribution in [-0.2, 0) is 11.2 Å². The summed E-state index contributed by atoms with van der Waals surface area (Å²) in [5.41, 5.74) is 1.68. The minimum Gasteiger partial charge on any atom is -0.370 e. The van der Waals surface area contributed by atoms with Gasteiger partial charge in [0.05, 0.1) is 18.3 Å². The summed E-state index contributed by atoms with van der Waals surface area (Å²) in [6.07, 6.45) is 5.59. The van der Waals surface area contributed by atoms with Gasteiger partial charge in [-0.25, -0.2) is 4.98 Å². The first-order valence-electron chi connectivity index (χ1n) is 7.91. The van der Waals surface area contributed by atoms with Gasteiger partial charge in [-0.15, -0.1) is 0 Å². The van der Waals surface area contributed by atoms with Crippen LogP contribution in [0.15, 0.2) is 47.1 Å². The first-order valence-corrected chi connectivity index (χ1v) is 8.71. The summed E-state index contributed by atoms with van der Waals surface area (Å²) in [7, 11) is 0. The fourth-order valence-electron chi connectivity index (χ4n) is 2.20. The second kappa shape index (κ2) is 9.30. The largest absolute Gasteiger partial charge is 0.370 e. The number of aromatic nitrogens is 1. The molecule has 4 nitrogen and oxygen atoms in total. The first kappa shape index (κ1) is 17.5. The molecule has 2 aromatic rings. The predicted octanol–water partition coefficient (Wildman–Crippen LogP) is 4.63. The van der Waals surface area contributed by atoms with Crippen molar-refractivity contribution in [1.29, 1.82) is 0 Å². The quantitative estimate of drug-likeness (QED) is 0.661. The van der Waals surface area contributed by atoms with Crippen molar-refractivity contribution in [2.24, 2.45) is 0 Å². The number of carbonyl (C=O) groups is 1. The molecular formula is C18H22BrN3O. The lowest BCUT2D eigenvalue weighted by Crippen LogP contribution is -2.14. The monoisotopic (exact) mass is 375 g/mol. The van der Waals surface area contributed by atoms with Crippen LogP contribution >= 0.6 is 15.9 Å². The average Bonchev–Trinajstić information content (AvgIpc) is 2.53. The highest BCUT2D eigenvalue weighted by atomic mass is 79.9. The van der Waals surface area contributed by atoms with Crippen LogP contribution in [0.2, 0.25) is 0 Å². The Morgan fingerprint density at radius 3 is 2.78 bits per heavy atom. The van der Waals surface area contributed by atoms with Crippen LogP contribution in [0.3, 0.4) is 0 Å². The van der Waals surface area contributed by atoms with Gasteiger partial charge in [-0.2, -0.15) is 0 Å². The van der Waals surface area contributed by atoms with Gasteiger partial charge in [0.15, 0.2) is 0 Å². The van der Waals surface area contributed by atoms with Crippen LogP contribution < -0.4 is 10.6 Å². The molecule has 1 aromatic heterocycles. The third-order valence-electron chi connectivity index (χ3n) is 3.39. The summed E-state index contributed by atoms with van der Waals surface area (Å²) in [4.78, 5) is 16.4. The molecule has 0 unspecified atom stereocenters. The minimum absolute atomic E-state index is 0.0476. The number of benzene rings is 1. The van der Waals surface area contributed by atoms with Crippen LogP contribution in [0, 0.1) is 0 Å². The fourth-order valence-corrected chi connectivity index (χ4v) is 2.65. The number of nitrogens with one attached hydrogen (secondary N) is 2. The zero-order valence-corrected chi connectivity index (χ0v) is 14.9. The molecule has 0 bridgehead atoms. The van der Waals surface area contributed by atoms with E-state index in [9.17, 15) is 4.79 Å². The number of unbranched alkanes of at least 4 members (excludes halogenated alkanes) is 2. The number of halogens is 1. The van der Waals surface area contributed by atoms with Crippen LogP contribution in [0.1, 0.15) is 31.7 Å². The number of rotatable bonds is 8. The summed E-state index contributed by atoms with van der Waals surface area (Å²) < 4.78 is 0.975. The van der Waals surface area contributed by atoms with E-state index in [1.807, 2.05) is 36.4 Å². The number of hydrogen-bond acceptors (Lipinski definition) is 3. The zero-order chi connectivity index (χ0) is 16.5. The summed E-state index contributed by atoms with van der Waals surface area (Å²) in [6, 6.07) is 11.5. The molecule has 1 aromatic carbocycles. The van der Waals surface area contributed by atoms with E-state index in [4.69, 9.17) is 0 Å². The summed E-state index contributed by atoms with van der Waals surface area (Å²) >= 11 is 3.41. The molecule has 5 heteroatoms. The lowest BCUT2D eigenvalue weighted by molar-refractivity contribution is -0.115. The van der Waals surface area contributed by atoms with Crippen molar-refractivity contribution in [2.75, 3.05) is 17.2 Å². The number of anilines is 2. The summed E-state index contributed by atoms with van der Waals surface area (Å²) in [5, 5.41) is 6.15. The standard InChI is InChI=1S/C18H22BrN3O/c1-2-3-4-10-20-17-9-8-16(13-21-17)22-18(23)12-14-6-5-7-15(19)11-14/h5-9,11,13H,2-4,10,12H2,1H3,(H,20,21)(H,22,23). The molecule has 0 spiro atoms. The van der Waals surface area contributed by atoms with Crippen molar-refractivity contribution in [2.45, 2.75) is 32.6 Å². The summed E-state index contributed by atoms with van der Waals surface area (Å²) in [6.45, 7) is 3.11. The Kier molecular flexibility index (Phi) is 7.07. The van der Waals surface area contributed by atoms with Crippen molar-refractivity contribution >= 4 is 33.3 Å². The predicted molar refractivity (Wildman–Crippen MR) is 98.7 cm³/mol. The van der Waals surface area contributed by atoms with E-state index in [1.165, 1.54) is 12.8 Å². The van der Waals surface area contributed by atoms with Crippen molar-refractivity contribution in [3.05, 3.63) is 52.6 Å². The van der Waals surface area contributed by atoms with E-state index in [2.05, 4.69) is 38.5 Å². The number of carbonyl (C=O) groups excluding carboxylic acids is 1. The molecule has 23 heavy (non-hydrogen) atoms. The molecule has 1 amide bonds. The normalized spacial score (nSPS) is 10.3. The molecule has 0 radical (unpaired) electrons. The van der Waals surface area contributed by atoms with E-state index in [0.29, 0.717) is 12.1 Å². The highest BCUT2D eigenvalue weighted by molar-refractivity contribution is 9.10. The van der Waals surface area contributed by atoms with Gasteiger partial charge in [0.25, 0.3) is 0 Å². The molecule has 0 atom stereocenters. The topological polar surface area (TPSA) is 54.0 Å². The lowest BCUT2D eigenvalue weighted by atomic mass is 10.1. The van der Waals surface area contributed by atoms with Gasteiger partial charge in [0, 0.05) is 11.0 Å². The SMILES string of the molecule is CCCCCNc1ccc(NC(=O)Cc2cccc(Br)c2)cn1. The van der Waals surface area contributed by atoms with Gasteiger partial charge in [-0.05, 0) is 36.2 Å². The first-order chi connectivity index (χ1) is 11.2. The maximum absolute atomic E-state index is 12.1. The molecular weight excluding hydrogens is 354 g/mol. The Labute approximate surface area is 145 Å².